The molecule has 20 heavy (non-hydrogen) atoms. The average molecular weight is 284 g/mol. The van der Waals surface area contributed by atoms with Gasteiger partial charge in [-0.1, -0.05) is 0 Å². The molecule has 1 aliphatic rings. The van der Waals surface area contributed by atoms with Crippen molar-refractivity contribution in [3.8, 4) is 6.07 Å². The number of anilines is 1. The van der Waals surface area contributed by atoms with E-state index in [0.717, 1.165) is 25.3 Å². The first-order chi connectivity index (χ1) is 9.40. The molecule has 1 N–H and O–H groups in total. The van der Waals surface area contributed by atoms with Crippen LogP contribution in [0.2, 0.25) is 0 Å². The first kappa shape index (κ1) is 14.7. The summed E-state index contributed by atoms with van der Waals surface area (Å²) in [6.07, 6.45) is -1.55. The Morgan fingerprint density at radius 3 is 2.55 bits per heavy atom. The SMILES string of the molecule is COC1(CNc2ccc(C(F)(F)F)c(C#N)c2)CCC1. The number of nitriles is 1. The molecule has 1 aromatic rings. The van der Waals surface area contributed by atoms with Crippen LogP contribution in [0.5, 0.6) is 0 Å². The summed E-state index contributed by atoms with van der Waals surface area (Å²) in [5, 5.41) is 11.9. The lowest BCUT2D eigenvalue weighted by Crippen LogP contribution is -2.45. The number of hydrogen-bond donors (Lipinski definition) is 1. The lowest BCUT2D eigenvalue weighted by Gasteiger charge is -2.40. The Morgan fingerprint density at radius 1 is 1.40 bits per heavy atom. The van der Waals surface area contributed by atoms with Crippen LogP contribution in [-0.4, -0.2) is 19.3 Å². The summed E-state index contributed by atoms with van der Waals surface area (Å²) in [6, 6.07) is 5.09. The molecule has 0 heterocycles. The largest absolute Gasteiger partial charge is 0.417 e. The number of alkyl halides is 3. The van der Waals surface area contributed by atoms with E-state index >= 15 is 0 Å². The molecule has 1 fully saturated rings. The average Bonchev–Trinajstić information content (AvgIpc) is 2.36. The molecule has 0 saturated heterocycles. The van der Waals surface area contributed by atoms with Crippen molar-refractivity contribution in [3.05, 3.63) is 29.3 Å². The fourth-order valence-electron chi connectivity index (χ4n) is 2.28. The molecule has 0 aliphatic heterocycles. The summed E-state index contributed by atoms with van der Waals surface area (Å²) in [4.78, 5) is 0. The second-order valence-electron chi connectivity index (χ2n) is 4.96. The molecule has 1 saturated carbocycles. The van der Waals surface area contributed by atoms with Crippen LogP contribution in [0.3, 0.4) is 0 Å². The lowest BCUT2D eigenvalue weighted by atomic mass is 9.80. The van der Waals surface area contributed by atoms with Crippen LogP contribution in [0.1, 0.15) is 30.4 Å². The van der Waals surface area contributed by atoms with Crippen LogP contribution in [0, 0.1) is 11.3 Å². The van der Waals surface area contributed by atoms with Gasteiger partial charge in [0.2, 0.25) is 0 Å². The summed E-state index contributed by atoms with van der Waals surface area (Å²) in [6.45, 7) is 0.528. The van der Waals surface area contributed by atoms with Gasteiger partial charge in [0.25, 0.3) is 0 Å². The fourth-order valence-corrected chi connectivity index (χ4v) is 2.28. The molecule has 0 spiro atoms. The quantitative estimate of drug-likeness (QED) is 0.919. The van der Waals surface area contributed by atoms with E-state index < -0.39 is 11.7 Å². The molecule has 108 valence electrons. The Balaban J connectivity index is 2.13. The second kappa shape index (κ2) is 5.33. The van der Waals surface area contributed by atoms with E-state index in [1.165, 1.54) is 12.1 Å². The lowest BCUT2D eigenvalue weighted by molar-refractivity contribution is -0.137. The number of ether oxygens (including phenoxy) is 1. The van der Waals surface area contributed by atoms with Gasteiger partial charge in [-0.2, -0.15) is 18.4 Å². The van der Waals surface area contributed by atoms with E-state index in [0.29, 0.717) is 12.2 Å². The Bertz CT molecular complexity index is 525. The van der Waals surface area contributed by atoms with Crippen LogP contribution in [-0.2, 0) is 10.9 Å². The monoisotopic (exact) mass is 284 g/mol. The zero-order valence-electron chi connectivity index (χ0n) is 11.0. The Hall–Kier alpha value is -1.74. The summed E-state index contributed by atoms with van der Waals surface area (Å²) in [5.41, 5.74) is -1.01. The van der Waals surface area contributed by atoms with Gasteiger partial charge in [-0.05, 0) is 37.5 Å². The van der Waals surface area contributed by atoms with Crippen molar-refractivity contribution < 1.29 is 17.9 Å². The minimum Gasteiger partial charge on any atom is -0.382 e. The van der Waals surface area contributed by atoms with Crippen LogP contribution >= 0.6 is 0 Å². The molecular formula is C14H15F3N2O. The molecule has 0 amide bonds. The topological polar surface area (TPSA) is 45.0 Å². The van der Waals surface area contributed by atoms with Crippen molar-refractivity contribution in [2.45, 2.75) is 31.0 Å². The van der Waals surface area contributed by atoms with Gasteiger partial charge in [0, 0.05) is 19.3 Å². The van der Waals surface area contributed by atoms with Gasteiger partial charge in [0.05, 0.1) is 22.8 Å². The van der Waals surface area contributed by atoms with Crippen LogP contribution in [0.25, 0.3) is 0 Å². The maximum absolute atomic E-state index is 12.7. The molecule has 0 atom stereocenters. The van der Waals surface area contributed by atoms with E-state index in [4.69, 9.17) is 10.00 Å². The third kappa shape index (κ3) is 2.88. The molecule has 6 heteroatoms. The van der Waals surface area contributed by atoms with Crippen molar-refractivity contribution in [2.75, 3.05) is 19.0 Å². The minimum absolute atomic E-state index is 0.227. The second-order valence-corrected chi connectivity index (χ2v) is 4.96. The predicted octanol–water partition coefficient (Wildman–Crippen LogP) is 3.56. The number of methoxy groups -OCH3 is 1. The van der Waals surface area contributed by atoms with Gasteiger partial charge < -0.3 is 10.1 Å². The maximum Gasteiger partial charge on any atom is 0.417 e. The number of benzene rings is 1. The Kier molecular flexibility index (Phi) is 3.91. The van der Waals surface area contributed by atoms with Gasteiger partial charge in [-0.15, -0.1) is 0 Å². The van der Waals surface area contributed by atoms with Gasteiger partial charge in [-0.25, -0.2) is 0 Å². The number of hydrogen-bond acceptors (Lipinski definition) is 3. The fraction of sp³-hybridized carbons (Fsp3) is 0.500. The molecule has 0 radical (unpaired) electrons. The smallest absolute Gasteiger partial charge is 0.382 e. The van der Waals surface area contributed by atoms with Crippen molar-refractivity contribution >= 4 is 5.69 Å². The van der Waals surface area contributed by atoms with Crippen LogP contribution in [0.4, 0.5) is 18.9 Å². The summed E-state index contributed by atoms with van der Waals surface area (Å²) in [5.74, 6) is 0. The minimum atomic E-state index is -4.51. The van der Waals surface area contributed by atoms with E-state index in [1.807, 2.05) is 0 Å². The normalized spacial score (nSPS) is 17.1. The standard InChI is InChI=1S/C14H15F3N2O/c1-20-13(5-2-6-13)9-19-11-3-4-12(14(15,16)17)10(7-11)8-18/h3-4,7,19H,2,5-6,9H2,1H3. The van der Waals surface area contributed by atoms with E-state index in [2.05, 4.69) is 5.32 Å². The maximum atomic E-state index is 12.7. The predicted molar refractivity (Wildman–Crippen MR) is 68.2 cm³/mol. The van der Waals surface area contributed by atoms with Gasteiger partial charge in [0.1, 0.15) is 0 Å². The number of rotatable bonds is 4. The molecule has 0 aromatic heterocycles. The molecule has 0 unspecified atom stereocenters. The molecule has 2 rings (SSSR count). The highest BCUT2D eigenvalue weighted by Crippen LogP contribution is 2.36. The number of halogens is 3. The highest BCUT2D eigenvalue weighted by Gasteiger charge is 2.37. The number of nitrogens with zero attached hydrogens (tertiary/aromatic N) is 1. The third-order valence-corrected chi connectivity index (χ3v) is 3.76. The summed E-state index contributed by atoms with van der Waals surface area (Å²) in [7, 11) is 1.63. The zero-order chi connectivity index (χ0) is 14.8. The van der Waals surface area contributed by atoms with Crippen molar-refractivity contribution in [2.24, 2.45) is 0 Å². The Labute approximate surface area is 115 Å². The van der Waals surface area contributed by atoms with E-state index in [-0.39, 0.29) is 11.2 Å². The van der Waals surface area contributed by atoms with Crippen LogP contribution < -0.4 is 5.32 Å². The van der Waals surface area contributed by atoms with Gasteiger partial charge >= 0.3 is 6.18 Å². The highest BCUT2D eigenvalue weighted by molar-refractivity contribution is 5.53. The molecule has 1 aliphatic carbocycles. The molecule has 0 bridgehead atoms. The summed E-state index contributed by atoms with van der Waals surface area (Å²) < 4.78 is 43.4. The first-order valence-electron chi connectivity index (χ1n) is 6.31. The van der Waals surface area contributed by atoms with Crippen LogP contribution in [0.15, 0.2) is 18.2 Å². The first-order valence-corrected chi connectivity index (χ1v) is 6.31. The molecule has 1 aromatic carbocycles. The summed E-state index contributed by atoms with van der Waals surface area (Å²) >= 11 is 0. The third-order valence-electron chi connectivity index (χ3n) is 3.76. The van der Waals surface area contributed by atoms with Crippen molar-refractivity contribution in [1.29, 1.82) is 5.26 Å². The van der Waals surface area contributed by atoms with E-state index in [9.17, 15) is 13.2 Å². The number of nitrogens with one attached hydrogen (secondary N) is 1. The Morgan fingerprint density at radius 2 is 2.10 bits per heavy atom. The van der Waals surface area contributed by atoms with E-state index in [1.54, 1.807) is 13.2 Å². The van der Waals surface area contributed by atoms with Crippen molar-refractivity contribution in [3.63, 3.8) is 0 Å². The van der Waals surface area contributed by atoms with Gasteiger partial charge in [0.15, 0.2) is 0 Å². The van der Waals surface area contributed by atoms with Gasteiger partial charge in [-0.3, -0.25) is 0 Å². The van der Waals surface area contributed by atoms with Crippen molar-refractivity contribution in [1.82, 2.24) is 0 Å². The zero-order valence-corrected chi connectivity index (χ0v) is 11.0. The molecule has 3 nitrogen and oxygen atoms in total. The molecular weight excluding hydrogens is 269 g/mol. The highest BCUT2D eigenvalue weighted by atomic mass is 19.4.